The van der Waals surface area contributed by atoms with Crippen molar-refractivity contribution < 1.29 is 18.0 Å². The predicted octanol–water partition coefficient (Wildman–Crippen LogP) is 1.74. The highest BCUT2D eigenvalue weighted by Crippen LogP contribution is 2.32. The molecule has 0 bridgehead atoms. The zero-order valence-corrected chi connectivity index (χ0v) is 12.6. The van der Waals surface area contributed by atoms with Crippen molar-refractivity contribution in [2.45, 2.75) is 6.18 Å². The summed E-state index contributed by atoms with van der Waals surface area (Å²) in [4.78, 5) is 11.8. The van der Waals surface area contributed by atoms with E-state index in [4.69, 9.17) is 5.73 Å². The minimum atomic E-state index is -4.79. The van der Waals surface area contributed by atoms with E-state index in [2.05, 4.69) is 31.6 Å². The van der Waals surface area contributed by atoms with Gasteiger partial charge < -0.3 is 11.1 Å². The van der Waals surface area contributed by atoms with Gasteiger partial charge in [0.05, 0.1) is 5.69 Å². The van der Waals surface area contributed by atoms with Crippen molar-refractivity contribution >= 4 is 21.8 Å². The number of nitrogens with zero attached hydrogens (tertiary/aromatic N) is 3. The Balaban J connectivity index is 2.50. The molecule has 0 unspecified atom stereocenters. The third-order valence-corrected chi connectivity index (χ3v) is 3.18. The Labute approximate surface area is 131 Å². The van der Waals surface area contributed by atoms with Crippen LogP contribution in [0, 0.1) is 0 Å². The van der Waals surface area contributed by atoms with Gasteiger partial charge in [-0.2, -0.15) is 13.2 Å². The first-order valence-electron chi connectivity index (χ1n) is 6.11. The van der Waals surface area contributed by atoms with Gasteiger partial charge in [-0.05, 0) is 24.3 Å². The van der Waals surface area contributed by atoms with Crippen LogP contribution in [0.3, 0.4) is 0 Å². The third kappa shape index (κ3) is 3.45. The summed E-state index contributed by atoms with van der Waals surface area (Å²) in [7, 11) is 0. The number of alkyl halides is 3. The Morgan fingerprint density at radius 2 is 1.95 bits per heavy atom. The van der Waals surface area contributed by atoms with Crippen molar-refractivity contribution in [3.8, 4) is 5.69 Å². The SMILES string of the molecule is NCCNC(=O)c1nnn(-c2ccc(Br)cc2)c1C(F)(F)F. The van der Waals surface area contributed by atoms with Gasteiger partial charge in [-0.15, -0.1) is 5.10 Å². The molecule has 0 saturated heterocycles. The van der Waals surface area contributed by atoms with Gasteiger partial charge in [-0.3, -0.25) is 4.79 Å². The van der Waals surface area contributed by atoms with Crippen LogP contribution in [-0.2, 0) is 6.18 Å². The zero-order valence-electron chi connectivity index (χ0n) is 11.1. The van der Waals surface area contributed by atoms with Crippen LogP contribution in [0.2, 0.25) is 0 Å². The zero-order chi connectivity index (χ0) is 16.3. The fraction of sp³-hybridized carbons (Fsp3) is 0.250. The fourth-order valence-corrected chi connectivity index (χ4v) is 1.99. The van der Waals surface area contributed by atoms with Gasteiger partial charge >= 0.3 is 6.18 Å². The minimum Gasteiger partial charge on any atom is -0.349 e. The highest BCUT2D eigenvalue weighted by Gasteiger charge is 2.41. The molecule has 10 heteroatoms. The van der Waals surface area contributed by atoms with Gasteiger partial charge in [0.15, 0.2) is 11.4 Å². The van der Waals surface area contributed by atoms with Crippen LogP contribution in [0.15, 0.2) is 28.7 Å². The van der Waals surface area contributed by atoms with Crippen molar-refractivity contribution in [1.82, 2.24) is 20.3 Å². The summed E-state index contributed by atoms with van der Waals surface area (Å²) >= 11 is 3.19. The molecular formula is C12H11BrF3N5O. The molecule has 0 saturated carbocycles. The number of aromatic nitrogens is 3. The number of rotatable bonds is 4. The molecule has 118 valence electrons. The van der Waals surface area contributed by atoms with Crippen LogP contribution in [0.5, 0.6) is 0 Å². The fourth-order valence-electron chi connectivity index (χ4n) is 1.72. The standard InChI is InChI=1S/C12H11BrF3N5O/c13-7-1-3-8(4-2-7)21-10(12(14,15)16)9(19-20-21)11(22)18-6-5-17/h1-4H,5-6,17H2,(H,18,22). The van der Waals surface area contributed by atoms with E-state index in [1.807, 2.05) is 0 Å². The monoisotopic (exact) mass is 377 g/mol. The van der Waals surface area contributed by atoms with Crippen molar-refractivity contribution in [3.63, 3.8) is 0 Å². The molecule has 0 aliphatic rings. The second-order valence-electron chi connectivity index (χ2n) is 4.22. The molecule has 22 heavy (non-hydrogen) atoms. The molecule has 1 aromatic carbocycles. The highest BCUT2D eigenvalue weighted by atomic mass is 79.9. The molecule has 3 N–H and O–H groups in total. The Hall–Kier alpha value is -1.94. The van der Waals surface area contributed by atoms with Gasteiger partial charge in [0.25, 0.3) is 5.91 Å². The number of carbonyl (C=O) groups is 1. The third-order valence-electron chi connectivity index (χ3n) is 2.65. The molecule has 0 aliphatic carbocycles. The first-order chi connectivity index (χ1) is 10.3. The average Bonchev–Trinajstić information content (AvgIpc) is 2.90. The molecule has 6 nitrogen and oxygen atoms in total. The van der Waals surface area contributed by atoms with E-state index in [-0.39, 0.29) is 18.8 Å². The summed E-state index contributed by atoms with van der Waals surface area (Å²) in [6.07, 6.45) is -4.79. The Kier molecular flexibility index (Phi) is 4.81. The van der Waals surface area contributed by atoms with E-state index in [1.165, 1.54) is 12.1 Å². The maximum atomic E-state index is 13.3. The van der Waals surface area contributed by atoms with E-state index in [1.54, 1.807) is 12.1 Å². The van der Waals surface area contributed by atoms with E-state index < -0.39 is 23.5 Å². The number of halogens is 4. The van der Waals surface area contributed by atoms with Crippen LogP contribution >= 0.6 is 15.9 Å². The first kappa shape index (κ1) is 16.4. The molecular weight excluding hydrogens is 367 g/mol. The molecule has 1 amide bonds. The summed E-state index contributed by atoms with van der Waals surface area (Å²) in [5, 5.41) is 9.06. The molecule has 2 aromatic rings. The lowest BCUT2D eigenvalue weighted by Crippen LogP contribution is -2.31. The average molecular weight is 378 g/mol. The summed E-state index contributed by atoms with van der Waals surface area (Å²) in [6, 6.07) is 5.97. The molecule has 1 heterocycles. The lowest BCUT2D eigenvalue weighted by atomic mass is 10.2. The summed E-state index contributed by atoms with van der Waals surface area (Å²) in [5.41, 5.74) is 3.33. The van der Waals surface area contributed by atoms with E-state index in [9.17, 15) is 18.0 Å². The smallest absolute Gasteiger partial charge is 0.349 e. The van der Waals surface area contributed by atoms with Gasteiger partial charge in [0, 0.05) is 17.6 Å². The lowest BCUT2D eigenvalue weighted by molar-refractivity contribution is -0.143. The summed E-state index contributed by atoms with van der Waals surface area (Å²) in [5.74, 6) is -0.971. The molecule has 1 aromatic heterocycles. The molecule has 0 aliphatic heterocycles. The van der Waals surface area contributed by atoms with E-state index >= 15 is 0 Å². The Morgan fingerprint density at radius 1 is 1.32 bits per heavy atom. The molecule has 0 radical (unpaired) electrons. The van der Waals surface area contributed by atoms with Gasteiger partial charge in [0.2, 0.25) is 0 Å². The summed E-state index contributed by atoms with van der Waals surface area (Å²) in [6.45, 7) is 0.148. The van der Waals surface area contributed by atoms with Crippen LogP contribution in [-0.4, -0.2) is 34.0 Å². The molecule has 0 fully saturated rings. The number of amides is 1. The lowest BCUT2D eigenvalue weighted by Gasteiger charge is -2.11. The van der Waals surface area contributed by atoms with Crippen molar-refractivity contribution in [2.75, 3.05) is 13.1 Å². The molecule has 0 spiro atoms. The molecule has 2 rings (SSSR count). The number of hydrogen-bond acceptors (Lipinski definition) is 4. The van der Waals surface area contributed by atoms with E-state index in [0.717, 1.165) is 0 Å². The second kappa shape index (κ2) is 6.44. The number of nitrogens with one attached hydrogen (secondary N) is 1. The van der Waals surface area contributed by atoms with E-state index in [0.29, 0.717) is 9.15 Å². The van der Waals surface area contributed by atoms with Crippen LogP contribution < -0.4 is 11.1 Å². The number of hydrogen-bond donors (Lipinski definition) is 2. The number of carbonyl (C=O) groups excluding carboxylic acids is 1. The van der Waals surface area contributed by atoms with Crippen LogP contribution in [0.1, 0.15) is 16.2 Å². The van der Waals surface area contributed by atoms with Crippen molar-refractivity contribution in [1.29, 1.82) is 0 Å². The van der Waals surface area contributed by atoms with Crippen LogP contribution in [0.4, 0.5) is 13.2 Å². The van der Waals surface area contributed by atoms with Crippen molar-refractivity contribution in [2.24, 2.45) is 5.73 Å². The number of nitrogens with two attached hydrogens (primary N) is 1. The predicted molar refractivity (Wildman–Crippen MR) is 75.4 cm³/mol. The summed E-state index contributed by atoms with van der Waals surface area (Å²) < 4.78 is 41.1. The van der Waals surface area contributed by atoms with Crippen LogP contribution in [0.25, 0.3) is 5.69 Å². The quantitative estimate of drug-likeness (QED) is 0.849. The number of benzene rings is 1. The van der Waals surface area contributed by atoms with Gasteiger partial charge in [-0.25, -0.2) is 4.68 Å². The van der Waals surface area contributed by atoms with Gasteiger partial charge in [0.1, 0.15) is 0 Å². The second-order valence-corrected chi connectivity index (χ2v) is 5.13. The highest BCUT2D eigenvalue weighted by molar-refractivity contribution is 9.10. The minimum absolute atomic E-state index is 0.0429. The topological polar surface area (TPSA) is 85.8 Å². The first-order valence-corrected chi connectivity index (χ1v) is 6.91. The maximum Gasteiger partial charge on any atom is 0.435 e. The maximum absolute atomic E-state index is 13.3. The van der Waals surface area contributed by atoms with Gasteiger partial charge in [-0.1, -0.05) is 21.1 Å². The normalized spacial score (nSPS) is 11.5. The Morgan fingerprint density at radius 3 is 2.50 bits per heavy atom. The Bertz CT molecular complexity index is 668. The largest absolute Gasteiger partial charge is 0.435 e. The van der Waals surface area contributed by atoms with Crippen molar-refractivity contribution in [3.05, 3.63) is 40.1 Å². The molecule has 0 atom stereocenters.